The number of benzene rings is 1. The Hall–Kier alpha value is -0.970. The third kappa shape index (κ3) is 2.28. The monoisotopic (exact) mass is 304 g/mol. The number of methoxy groups -OCH3 is 1. The van der Waals surface area contributed by atoms with Crippen molar-refractivity contribution in [1.82, 2.24) is 0 Å². The Kier molecular flexibility index (Phi) is 4.00. The number of hydrogen-bond donors (Lipinski definition) is 0. The Morgan fingerprint density at radius 1 is 1.39 bits per heavy atom. The number of hydrogen-bond acceptors (Lipinski definition) is 4. The molecule has 0 unspecified atom stereocenters. The first-order chi connectivity index (χ1) is 8.58. The minimum atomic E-state index is -0.557. The van der Waals surface area contributed by atoms with E-state index in [-0.39, 0.29) is 0 Å². The Morgan fingerprint density at radius 2 is 2.11 bits per heavy atom. The van der Waals surface area contributed by atoms with Crippen molar-refractivity contribution in [3.63, 3.8) is 0 Å². The summed E-state index contributed by atoms with van der Waals surface area (Å²) in [6, 6.07) is 3.56. The molecule has 0 aliphatic carbocycles. The number of fused-ring (bicyclic) bond motifs is 1. The molecule has 0 saturated heterocycles. The van der Waals surface area contributed by atoms with Gasteiger partial charge in [0.2, 0.25) is 0 Å². The molecule has 96 valence electrons. The molecule has 0 aliphatic heterocycles. The van der Waals surface area contributed by atoms with E-state index in [2.05, 4.69) is 0 Å². The molecular formula is C12H10Cl2O3S. The maximum atomic E-state index is 11.2. The van der Waals surface area contributed by atoms with Crippen LogP contribution in [-0.4, -0.2) is 19.0 Å². The molecule has 2 rings (SSSR count). The largest absolute Gasteiger partial charge is 0.493 e. The molecule has 1 heterocycles. The lowest BCUT2D eigenvalue weighted by Gasteiger charge is -2.09. The quantitative estimate of drug-likeness (QED) is 0.788. The maximum absolute atomic E-state index is 11.2. The normalized spacial score (nSPS) is 10.7. The third-order valence-corrected chi connectivity index (χ3v) is 4.35. The molecule has 0 amide bonds. The second kappa shape index (κ2) is 5.34. The fraction of sp³-hybridized carbons (Fsp3) is 0.250. The van der Waals surface area contributed by atoms with Gasteiger partial charge in [0.1, 0.15) is 4.88 Å². The van der Waals surface area contributed by atoms with Crippen LogP contribution in [0.3, 0.4) is 0 Å². The minimum Gasteiger partial charge on any atom is -0.493 e. The van der Waals surface area contributed by atoms with Gasteiger partial charge < -0.3 is 9.47 Å². The Morgan fingerprint density at radius 3 is 2.67 bits per heavy atom. The molecule has 18 heavy (non-hydrogen) atoms. The molecule has 1 aromatic carbocycles. The van der Waals surface area contributed by atoms with Gasteiger partial charge in [-0.15, -0.1) is 11.3 Å². The number of thiophene rings is 1. The molecule has 3 nitrogen and oxygen atoms in total. The number of ether oxygens (including phenoxy) is 2. The number of rotatable bonds is 4. The average molecular weight is 305 g/mol. The predicted molar refractivity (Wildman–Crippen MR) is 74.7 cm³/mol. The van der Waals surface area contributed by atoms with E-state index in [0.29, 0.717) is 28.0 Å². The van der Waals surface area contributed by atoms with E-state index < -0.39 is 5.24 Å². The summed E-state index contributed by atoms with van der Waals surface area (Å²) < 4.78 is 11.5. The van der Waals surface area contributed by atoms with Crippen molar-refractivity contribution >= 4 is 49.9 Å². The highest BCUT2D eigenvalue weighted by atomic mass is 35.5. The summed E-state index contributed by atoms with van der Waals surface area (Å²) in [5, 5.41) is 0.548. The molecule has 0 spiro atoms. The standard InChI is InChI=1S/C12H10Cl2O3S/c1-3-17-8-4-6-9(5-7(8)16-2)18-11(10(6)13)12(14)15/h4-5H,3H2,1-2H3. The van der Waals surface area contributed by atoms with Crippen LogP contribution in [0, 0.1) is 0 Å². The van der Waals surface area contributed by atoms with Crippen LogP contribution >= 0.6 is 34.5 Å². The van der Waals surface area contributed by atoms with Gasteiger partial charge in [-0.25, -0.2) is 0 Å². The van der Waals surface area contributed by atoms with Crippen LogP contribution in [0.5, 0.6) is 11.5 Å². The van der Waals surface area contributed by atoms with Gasteiger partial charge in [-0.3, -0.25) is 4.79 Å². The zero-order valence-corrected chi connectivity index (χ0v) is 12.1. The molecule has 0 aliphatic rings. The molecule has 0 atom stereocenters. The van der Waals surface area contributed by atoms with Gasteiger partial charge in [0.25, 0.3) is 5.24 Å². The fourth-order valence-electron chi connectivity index (χ4n) is 1.63. The van der Waals surface area contributed by atoms with Gasteiger partial charge in [0, 0.05) is 16.2 Å². The van der Waals surface area contributed by atoms with Crippen LogP contribution < -0.4 is 9.47 Å². The maximum Gasteiger partial charge on any atom is 0.263 e. The van der Waals surface area contributed by atoms with E-state index in [0.717, 1.165) is 10.1 Å². The predicted octanol–water partition coefficient (Wildman–Crippen LogP) is 4.34. The second-order valence-electron chi connectivity index (χ2n) is 3.45. The van der Waals surface area contributed by atoms with Crippen molar-refractivity contribution in [2.75, 3.05) is 13.7 Å². The topological polar surface area (TPSA) is 35.5 Å². The summed E-state index contributed by atoms with van der Waals surface area (Å²) >= 11 is 12.8. The van der Waals surface area contributed by atoms with Crippen LogP contribution in [0.1, 0.15) is 16.6 Å². The van der Waals surface area contributed by atoms with Crippen LogP contribution in [0.2, 0.25) is 5.02 Å². The van der Waals surface area contributed by atoms with E-state index in [9.17, 15) is 4.79 Å². The second-order valence-corrected chi connectivity index (χ2v) is 5.22. The third-order valence-electron chi connectivity index (χ3n) is 2.39. The summed E-state index contributed by atoms with van der Waals surface area (Å²) in [5.74, 6) is 1.21. The minimum absolute atomic E-state index is 0.337. The lowest BCUT2D eigenvalue weighted by Crippen LogP contribution is -1.94. The Balaban J connectivity index is 2.68. The zero-order chi connectivity index (χ0) is 13.3. The first-order valence-corrected chi connectivity index (χ1v) is 6.78. The van der Waals surface area contributed by atoms with E-state index in [1.807, 2.05) is 6.92 Å². The highest BCUT2D eigenvalue weighted by molar-refractivity contribution is 7.23. The molecular weight excluding hydrogens is 295 g/mol. The van der Waals surface area contributed by atoms with Crippen molar-refractivity contribution in [3.05, 3.63) is 22.0 Å². The highest BCUT2D eigenvalue weighted by Gasteiger charge is 2.18. The molecule has 6 heteroatoms. The van der Waals surface area contributed by atoms with Crippen molar-refractivity contribution in [1.29, 1.82) is 0 Å². The molecule has 1 aromatic heterocycles. The lowest BCUT2D eigenvalue weighted by molar-refractivity contribution is 0.108. The van der Waals surface area contributed by atoms with E-state index in [1.165, 1.54) is 11.3 Å². The summed E-state index contributed by atoms with van der Waals surface area (Å²) in [6.07, 6.45) is 0. The van der Waals surface area contributed by atoms with E-state index in [4.69, 9.17) is 32.7 Å². The summed E-state index contributed by atoms with van der Waals surface area (Å²) in [6.45, 7) is 2.40. The highest BCUT2D eigenvalue weighted by Crippen LogP contribution is 2.42. The Bertz CT molecular complexity index is 607. The van der Waals surface area contributed by atoms with Crippen LogP contribution in [0.15, 0.2) is 12.1 Å². The summed E-state index contributed by atoms with van der Waals surface area (Å²) in [4.78, 5) is 11.6. The summed E-state index contributed by atoms with van der Waals surface area (Å²) in [7, 11) is 1.56. The molecule has 0 radical (unpaired) electrons. The molecule has 2 aromatic rings. The van der Waals surface area contributed by atoms with Crippen molar-refractivity contribution in [3.8, 4) is 11.5 Å². The van der Waals surface area contributed by atoms with Gasteiger partial charge in [-0.2, -0.15) is 0 Å². The zero-order valence-electron chi connectivity index (χ0n) is 9.75. The van der Waals surface area contributed by atoms with Crippen molar-refractivity contribution in [2.24, 2.45) is 0 Å². The fourth-order valence-corrected chi connectivity index (χ4v) is 3.24. The molecule has 0 bridgehead atoms. The lowest BCUT2D eigenvalue weighted by atomic mass is 10.2. The van der Waals surface area contributed by atoms with Gasteiger partial charge in [-0.05, 0) is 24.6 Å². The first-order valence-electron chi connectivity index (χ1n) is 5.21. The van der Waals surface area contributed by atoms with Gasteiger partial charge in [-0.1, -0.05) is 11.6 Å². The summed E-state index contributed by atoms with van der Waals surface area (Å²) in [5.41, 5.74) is 0. The molecule has 0 N–H and O–H groups in total. The average Bonchev–Trinajstić information content (AvgIpc) is 2.66. The molecule has 0 fully saturated rings. The Labute approximate surface area is 118 Å². The molecule has 0 saturated carbocycles. The number of carbonyl (C=O) groups excluding carboxylic acids is 1. The van der Waals surface area contributed by atoms with Crippen LogP contribution in [-0.2, 0) is 0 Å². The smallest absolute Gasteiger partial charge is 0.263 e. The van der Waals surface area contributed by atoms with Crippen LogP contribution in [0.25, 0.3) is 10.1 Å². The van der Waals surface area contributed by atoms with Crippen molar-refractivity contribution < 1.29 is 14.3 Å². The van der Waals surface area contributed by atoms with E-state index >= 15 is 0 Å². The van der Waals surface area contributed by atoms with Gasteiger partial charge >= 0.3 is 0 Å². The van der Waals surface area contributed by atoms with Gasteiger partial charge in [0.05, 0.1) is 18.7 Å². The number of carbonyl (C=O) groups is 1. The first kappa shape index (κ1) is 13.5. The van der Waals surface area contributed by atoms with Gasteiger partial charge in [0.15, 0.2) is 11.5 Å². The SMILES string of the molecule is CCOc1cc2c(Cl)c(C(=O)Cl)sc2cc1OC. The van der Waals surface area contributed by atoms with Crippen molar-refractivity contribution in [2.45, 2.75) is 6.92 Å². The van der Waals surface area contributed by atoms with E-state index in [1.54, 1.807) is 19.2 Å². The number of halogens is 2. The van der Waals surface area contributed by atoms with Crippen LogP contribution in [0.4, 0.5) is 0 Å².